The first-order valence-electron chi connectivity index (χ1n) is 7.95. The van der Waals surface area contributed by atoms with Crippen molar-refractivity contribution in [2.24, 2.45) is 0 Å². The van der Waals surface area contributed by atoms with Crippen LogP contribution in [-0.4, -0.2) is 20.0 Å². The third-order valence-corrected chi connectivity index (χ3v) is 4.03. The number of hydrogen-bond acceptors (Lipinski definition) is 3. The molecule has 0 atom stereocenters. The van der Waals surface area contributed by atoms with Crippen LogP contribution in [0.3, 0.4) is 0 Å². The number of hydrogen-bond donors (Lipinski definition) is 2. The standard InChI is InChI=1S/C21H16N2O2/c24-17-10-6-7-15(13-17)20-14-19(18-11-4-5-12-21(18)25)22-23(20)16-8-2-1-3-9-16/h1-14,24-25H. The number of benzene rings is 3. The van der Waals surface area contributed by atoms with E-state index in [0.29, 0.717) is 11.3 Å². The normalized spacial score (nSPS) is 10.7. The summed E-state index contributed by atoms with van der Waals surface area (Å²) in [5.74, 6) is 0.380. The maximum absolute atomic E-state index is 10.2. The molecule has 0 radical (unpaired) electrons. The van der Waals surface area contributed by atoms with E-state index in [1.807, 2.05) is 59.3 Å². The first-order valence-corrected chi connectivity index (χ1v) is 7.95. The monoisotopic (exact) mass is 328 g/mol. The minimum absolute atomic E-state index is 0.183. The summed E-state index contributed by atoms with van der Waals surface area (Å²) in [7, 11) is 0. The number of phenolic OH excluding ortho intramolecular Hbond substituents is 2. The smallest absolute Gasteiger partial charge is 0.125 e. The van der Waals surface area contributed by atoms with Gasteiger partial charge in [0.25, 0.3) is 0 Å². The van der Waals surface area contributed by atoms with Gasteiger partial charge in [0, 0.05) is 11.1 Å². The van der Waals surface area contributed by atoms with Gasteiger partial charge in [0.1, 0.15) is 11.5 Å². The quantitative estimate of drug-likeness (QED) is 0.577. The summed E-state index contributed by atoms with van der Waals surface area (Å²) in [6.45, 7) is 0. The van der Waals surface area contributed by atoms with E-state index >= 15 is 0 Å². The summed E-state index contributed by atoms with van der Waals surface area (Å²) in [6.07, 6.45) is 0. The summed E-state index contributed by atoms with van der Waals surface area (Å²) in [6, 6.07) is 25.9. The Hall–Kier alpha value is -3.53. The fourth-order valence-corrected chi connectivity index (χ4v) is 2.84. The summed E-state index contributed by atoms with van der Waals surface area (Å²) < 4.78 is 1.82. The maximum atomic E-state index is 10.2. The number of nitrogens with zero attached hydrogens (tertiary/aromatic N) is 2. The van der Waals surface area contributed by atoms with Gasteiger partial charge < -0.3 is 10.2 Å². The van der Waals surface area contributed by atoms with Gasteiger partial charge in [-0.25, -0.2) is 4.68 Å². The molecule has 4 heteroatoms. The van der Waals surface area contributed by atoms with Crippen molar-refractivity contribution in [1.29, 1.82) is 0 Å². The molecule has 122 valence electrons. The fraction of sp³-hybridized carbons (Fsp3) is 0. The topological polar surface area (TPSA) is 58.3 Å². The molecule has 0 saturated carbocycles. The average molecular weight is 328 g/mol. The molecule has 25 heavy (non-hydrogen) atoms. The molecule has 0 fully saturated rings. The molecule has 0 spiro atoms. The Labute approximate surface area is 145 Å². The molecule has 1 heterocycles. The lowest BCUT2D eigenvalue weighted by molar-refractivity contribution is 0.475. The number of phenols is 2. The van der Waals surface area contributed by atoms with E-state index in [1.165, 1.54) is 0 Å². The van der Waals surface area contributed by atoms with Gasteiger partial charge in [-0.3, -0.25) is 0 Å². The zero-order valence-corrected chi connectivity index (χ0v) is 13.4. The molecule has 0 aliphatic rings. The van der Waals surface area contributed by atoms with Crippen LogP contribution < -0.4 is 0 Å². The third-order valence-electron chi connectivity index (χ3n) is 4.03. The molecule has 0 aliphatic carbocycles. The third kappa shape index (κ3) is 2.85. The highest BCUT2D eigenvalue weighted by molar-refractivity contribution is 5.74. The van der Waals surface area contributed by atoms with Crippen LogP contribution in [-0.2, 0) is 0 Å². The Morgan fingerprint density at radius 2 is 1.48 bits per heavy atom. The van der Waals surface area contributed by atoms with E-state index in [9.17, 15) is 10.2 Å². The molecule has 1 aromatic heterocycles. The predicted molar refractivity (Wildman–Crippen MR) is 97.8 cm³/mol. The molecule has 4 nitrogen and oxygen atoms in total. The number of aromatic nitrogens is 2. The molecule has 0 unspecified atom stereocenters. The minimum atomic E-state index is 0.183. The van der Waals surface area contributed by atoms with Crippen LogP contribution in [0.25, 0.3) is 28.2 Å². The molecule has 0 aliphatic heterocycles. The Morgan fingerprint density at radius 3 is 2.24 bits per heavy atom. The van der Waals surface area contributed by atoms with Crippen LogP contribution in [0.5, 0.6) is 11.5 Å². The molecule has 3 aromatic carbocycles. The van der Waals surface area contributed by atoms with Crippen LogP contribution in [0.15, 0.2) is 84.9 Å². The summed E-state index contributed by atoms with van der Waals surface area (Å²) in [4.78, 5) is 0. The second-order valence-corrected chi connectivity index (χ2v) is 5.73. The molecule has 2 N–H and O–H groups in total. The molecular formula is C21H16N2O2. The second kappa shape index (κ2) is 6.17. The maximum Gasteiger partial charge on any atom is 0.125 e. The molecule has 0 bridgehead atoms. The van der Waals surface area contributed by atoms with Gasteiger partial charge in [0.15, 0.2) is 0 Å². The van der Waals surface area contributed by atoms with Crippen LogP contribution in [0.2, 0.25) is 0 Å². The zero-order chi connectivity index (χ0) is 17.2. The Kier molecular flexibility index (Phi) is 3.71. The van der Waals surface area contributed by atoms with Crippen LogP contribution in [0, 0.1) is 0 Å². The van der Waals surface area contributed by atoms with Crippen molar-refractivity contribution in [1.82, 2.24) is 9.78 Å². The van der Waals surface area contributed by atoms with Crippen molar-refractivity contribution in [3.8, 4) is 39.7 Å². The van der Waals surface area contributed by atoms with Crippen LogP contribution >= 0.6 is 0 Å². The van der Waals surface area contributed by atoms with Gasteiger partial charge in [0.2, 0.25) is 0 Å². The van der Waals surface area contributed by atoms with E-state index in [4.69, 9.17) is 5.10 Å². The van der Waals surface area contributed by atoms with Crippen LogP contribution in [0.1, 0.15) is 0 Å². The van der Waals surface area contributed by atoms with Gasteiger partial charge in [-0.15, -0.1) is 0 Å². The van der Waals surface area contributed by atoms with Crippen molar-refractivity contribution in [2.75, 3.05) is 0 Å². The van der Waals surface area contributed by atoms with Gasteiger partial charge in [0.05, 0.1) is 17.1 Å². The molecule has 4 rings (SSSR count). The Balaban J connectivity index is 1.94. The summed E-state index contributed by atoms with van der Waals surface area (Å²) in [5.41, 5.74) is 3.92. The van der Waals surface area contributed by atoms with Crippen molar-refractivity contribution in [3.63, 3.8) is 0 Å². The Morgan fingerprint density at radius 1 is 0.720 bits per heavy atom. The lowest BCUT2D eigenvalue weighted by Crippen LogP contribution is -1.98. The first kappa shape index (κ1) is 15.0. The van der Waals surface area contributed by atoms with E-state index in [-0.39, 0.29) is 11.5 Å². The highest BCUT2D eigenvalue weighted by Crippen LogP contribution is 2.33. The highest BCUT2D eigenvalue weighted by atomic mass is 16.3. The van der Waals surface area contributed by atoms with E-state index in [1.54, 1.807) is 30.3 Å². The highest BCUT2D eigenvalue weighted by Gasteiger charge is 2.15. The van der Waals surface area contributed by atoms with Crippen molar-refractivity contribution in [3.05, 3.63) is 84.9 Å². The minimum Gasteiger partial charge on any atom is -0.508 e. The average Bonchev–Trinajstić information content (AvgIpc) is 3.08. The summed E-state index contributed by atoms with van der Waals surface area (Å²) >= 11 is 0. The lowest BCUT2D eigenvalue weighted by Gasteiger charge is -2.07. The molecular weight excluding hydrogens is 312 g/mol. The van der Waals surface area contributed by atoms with Gasteiger partial charge in [-0.05, 0) is 42.5 Å². The van der Waals surface area contributed by atoms with Crippen molar-refractivity contribution in [2.45, 2.75) is 0 Å². The van der Waals surface area contributed by atoms with E-state index in [0.717, 1.165) is 16.9 Å². The van der Waals surface area contributed by atoms with Gasteiger partial charge in [-0.2, -0.15) is 5.10 Å². The van der Waals surface area contributed by atoms with Gasteiger partial charge in [-0.1, -0.05) is 42.5 Å². The fourth-order valence-electron chi connectivity index (χ4n) is 2.84. The van der Waals surface area contributed by atoms with Crippen LogP contribution in [0.4, 0.5) is 0 Å². The van der Waals surface area contributed by atoms with Gasteiger partial charge >= 0.3 is 0 Å². The second-order valence-electron chi connectivity index (χ2n) is 5.73. The largest absolute Gasteiger partial charge is 0.508 e. The molecule has 0 amide bonds. The number of para-hydroxylation sites is 2. The molecule has 4 aromatic rings. The zero-order valence-electron chi connectivity index (χ0n) is 13.4. The number of aromatic hydroxyl groups is 2. The first-order chi connectivity index (χ1) is 12.2. The summed E-state index contributed by atoms with van der Waals surface area (Å²) in [5, 5.41) is 24.7. The lowest BCUT2D eigenvalue weighted by atomic mass is 10.1. The van der Waals surface area contributed by atoms with E-state index < -0.39 is 0 Å². The van der Waals surface area contributed by atoms with Crippen molar-refractivity contribution >= 4 is 0 Å². The van der Waals surface area contributed by atoms with E-state index in [2.05, 4.69) is 0 Å². The molecule has 0 saturated heterocycles. The Bertz CT molecular complexity index is 1020. The van der Waals surface area contributed by atoms with Crippen molar-refractivity contribution < 1.29 is 10.2 Å². The predicted octanol–water partition coefficient (Wildman–Crippen LogP) is 4.62. The number of rotatable bonds is 3. The SMILES string of the molecule is Oc1cccc(-c2cc(-c3ccccc3O)nn2-c2ccccc2)c1.